The van der Waals surface area contributed by atoms with Crippen molar-refractivity contribution in [2.45, 2.75) is 44.6 Å². The molecular formula is C13H20F3NO3. The molecule has 116 valence electrons. The lowest BCUT2D eigenvalue weighted by Gasteiger charge is -2.32. The van der Waals surface area contributed by atoms with Gasteiger partial charge in [0.25, 0.3) is 0 Å². The van der Waals surface area contributed by atoms with Crippen molar-refractivity contribution in [2.24, 2.45) is 5.92 Å². The molecule has 0 spiro atoms. The van der Waals surface area contributed by atoms with E-state index in [1.807, 2.05) is 0 Å². The minimum atomic E-state index is -4.79. The molecule has 0 aromatic rings. The second kappa shape index (κ2) is 6.13. The molecule has 4 nitrogen and oxygen atoms in total. The highest BCUT2D eigenvalue weighted by molar-refractivity contribution is 5.79. The first-order valence-corrected chi connectivity index (χ1v) is 6.40. The van der Waals surface area contributed by atoms with E-state index in [0.717, 1.165) is 0 Å². The zero-order valence-corrected chi connectivity index (χ0v) is 11.6. The smallest absolute Gasteiger partial charge is 0.379 e. The molecule has 1 saturated heterocycles. The van der Waals surface area contributed by atoms with Crippen LogP contribution in [0.3, 0.4) is 0 Å². The Labute approximate surface area is 116 Å². The van der Waals surface area contributed by atoms with Crippen molar-refractivity contribution in [1.82, 2.24) is 5.32 Å². The Morgan fingerprint density at radius 3 is 2.60 bits per heavy atom. The van der Waals surface area contributed by atoms with Crippen LogP contribution in [0.1, 0.15) is 26.7 Å². The van der Waals surface area contributed by atoms with Crippen molar-refractivity contribution >= 4 is 5.91 Å². The van der Waals surface area contributed by atoms with Gasteiger partial charge in [-0.25, -0.2) is 0 Å². The predicted octanol–water partition coefficient (Wildman–Crippen LogP) is 1.79. The molecule has 3 atom stereocenters. The van der Waals surface area contributed by atoms with Crippen molar-refractivity contribution in [3.8, 4) is 0 Å². The number of rotatable bonds is 4. The summed E-state index contributed by atoms with van der Waals surface area (Å²) in [5.74, 6) is -1.12. The molecule has 7 heteroatoms. The monoisotopic (exact) mass is 295 g/mol. The van der Waals surface area contributed by atoms with Crippen LogP contribution >= 0.6 is 0 Å². The minimum Gasteiger partial charge on any atom is -0.379 e. The molecule has 0 aliphatic carbocycles. The van der Waals surface area contributed by atoms with Crippen LogP contribution in [0.15, 0.2) is 12.2 Å². The van der Waals surface area contributed by atoms with Gasteiger partial charge in [-0.3, -0.25) is 4.79 Å². The van der Waals surface area contributed by atoms with E-state index in [1.54, 1.807) is 6.92 Å². The number of nitrogens with one attached hydrogen (secondary N) is 1. The van der Waals surface area contributed by atoms with E-state index in [-0.39, 0.29) is 0 Å². The van der Waals surface area contributed by atoms with E-state index in [9.17, 15) is 23.1 Å². The number of hydrogen-bond donors (Lipinski definition) is 2. The van der Waals surface area contributed by atoms with Gasteiger partial charge in [-0.15, -0.1) is 0 Å². The molecule has 20 heavy (non-hydrogen) atoms. The Kier molecular flexibility index (Phi) is 5.21. The fourth-order valence-electron chi connectivity index (χ4n) is 2.03. The van der Waals surface area contributed by atoms with Crippen molar-refractivity contribution in [1.29, 1.82) is 0 Å². The number of halogens is 3. The van der Waals surface area contributed by atoms with Crippen LogP contribution in [0.25, 0.3) is 0 Å². The van der Waals surface area contributed by atoms with Gasteiger partial charge in [0.05, 0.1) is 18.6 Å². The summed E-state index contributed by atoms with van der Waals surface area (Å²) < 4.78 is 42.9. The summed E-state index contributed by atoms with van der Waals surface area (Å²) in [6.45, 7) is 5.68. The highest BCUT2D eigenvalue weighted by Crippen LogP contribution is 2.30. The second-order valence-corrected chi connectivity index (χ2v) is 5.38. The number of hydrogen-bond acceptors (Lipinski definition) is 3. The molecule has 1 heterocycles. The van der Waals surface area contributed by atoms with Crippen molar-refractivity contribution in [2.75, 3.05) is 13.2 Å². The summed E-state index contributed by atoms with van der Waals surface area (Å²) in [5.41, 5.74) is -2.29. The van der Waals surface area contributed by atoms with Crippen LogP contribution in [-0.4, -0.2) is 42.0 Å². The van der Waals surface area contributed by atoms with Crippen LogP contribution in [-0.2, 0) is 9.53 Å². The van der Waals surface area contributed by atoms with E-state index < -0.39 is 36.3 Å². The summed E-state index contributed by atoms with van der Waals surface area (Å²) >= 11 is 0. The van der Waals surface area contributed by atoms with Gasteiger partial charge in [0.2, 0.25) is 5.91 Å². The van der Waals surface area contributed by atoms with Crippen molar-refractivity contribution in [3.63, 3.8) is 0 Å². The van der Waals surface area contributed by atoms with Crippen LogP contribution < -0.4 is 5.32 Å². The molecule has 0 aromatic carbocycles. The molecule has 1 fully saturated rings. The maximum Gasteiger partial charge on any atom is 0.418 e. The number of alkyl halides is 3. The Morgan fingerprint density at radius 2 is 2.10 bits per heavy atom. The van der Waals surface area contributed by atoms with E-state index in [4.69, 9.17) is 4.74 Å². The van der Waals surface area contributed by atoms with Gasteiger partial charge in [-0.1, -0.05) is 12.2 Å². The molecular weight excluding hydrogens is 275 g/mol. The lowest BCUT2D eigenvalue weighted by molar-refractivity contribution is -0.250. The summed E-state index contributed by atoms with van der Waals surface area (Å²) in [5, 5.41) is 11.4. The predicted molar refractivity (Wildman–Crippen MR) is 67.0 cm³/mol. The maximum atomic E-state index is 12.5. The molecule has 0 radical (unpaired) electrons. The van der Waals surface area contributed by atoms with Crippen LogP contribution in [0, 0.1) is 5.92 Å². The van der Waals surface area contributed by atoms with Gasteiger partial charge in [-0.05, 0) is 26.7 Å². The molecule has 1 rings (SSSR count). The fourth-order valence-corrected chi connectivity index (χ4v) is 2.03. The molecule has 1 aliphatic rings. The Hall–Kier alpha value is -1.08. The Morgan fingerprint density at radius 1 is 1.50 bits per heavy atom. The number of carbonyl (C=O) groups excluding carboxylic acids is 1. The molecule has 0 bridgehead atoms. The van der Waals surface area contributed by atoms with E-state index in [1.165, 1.54) is 0 Å². The molecule has 0 saturated carbocycles. The van der Waals surface area contributed by atoms with E-state index >= 15 is 0 Å². The average molecular weight is 295 g/mol. The topological polar surface area (TPSA) is 58.6 Å². The maximum absolute atomic E-state index is 12.5. The fraction of sp³-hybridized carbons (Fsp3) is 0.769. The third kappa shape index (κ3) is 3.96. The van der Waals surface area contributed by atoms with Crippen molar-refractivity contribution < 1.29 is 27.8 Å². The average Bonchev–Trinajstić information content (AvgIpc) is 2.34. The van der Waals surface area contributed by atoms with Crippen LogP contribution in [0.4, 0.5) is 13.2 Å². The first-order valence-electron chi connectivity index (χ1n) is 6.40. The zero-order valence-electron chi connectivity index (χ0n) is 11.6. The Bertz CT molecular complexity index is 380. The molecule has 1 aliphatic heterocycles. The van der Waals surface area contributed by atoms with Gasteiger partial charge < -0.3 is 15.2 Å². The highest BCUT2D eigenvalue weighted by Gasteiger charge is 2.50. The zero-order chi connectivity index (χ0) is 15.6. The molecule has 0 aromatic heterocycles. The van der Waals surface area contributed by atoms with Gasteiger partial charge in [-0.2, -0.15) is 13.2 Å². The van der Waals surface area contributed by atoms with Crippen LogP contribution in [0.2, 0.25) is 0 Å². The van der Waals surface area contributed by atoms with Crippen LogP contribution in [0.5, 0.6) is 0 Å². The summed E-state index contributed by atoms with van der Waals surface area (Å²) in [6, 6.07) is 0. The number of carbonyl (C=O) groups is 1. The van der Waals surface area contributed by atoms with Gasteiger partial charge in [0, 0.05) is 6.61 Å². The number of amides is 1. The third-order valence-corrected chi connectivity index (χ3v) is 3.36. The summed E-state index contributed by atoms with van der Waals surface area (Å²) in [6.07, 6.45) is -4.09. The first-order chi connectivity index (χ1) is 9.06. The largest absolute Gasteiger partial charge is 0.418 e. The summed E-state index contributed by atoms with van der Waals surface area (Å²) in [4.78, 5) is 12.0. The highest BCUT2D eigenvalue weighted by atomic mass is 19.4. The quantitative estimate of drug-likeness (QED) is 0.777. The summed E-state index contributed by atoms with van der Waals surface area (Å²) in [7, 11) is 0. The Balaban J connectivity index is 2.64. The number of aliphatic hydroxyl groups is 1. The van der Waals surface area contributed by atoms with Gasteiger partial charge >= 0.3 is 6.18 Å². The molecule has 2 N–H and O–H groups in total. The van der Waals surface area contributed by atoms with E-state index in [0.29, 0.717) is 31.9 Å². The van der Waals surface area contributed by atoms with Gasteiger partial charge in [0.1, 0.15) is 0 Å². The van der Waals surface area contributed by atoms with E-state index in [2.05, 4.69) is 11.9 Å². The lowest BCUT2D eigenvalue weighted by Crippen LogP contribution is -2.53. The normalized spacial score (nSPS) is 26.7. The first kappa shape index (κ1) is 17.0. The molecule has 0 unspecified atom stereocenters. The third-order valence-electron chi connectivity index (χ3n) is 3.36. The SMILES string of the molecule is C=C(C)[C@@H]1OCCC[C@@H]1C(=O)NC[C@](C)(O)C(F)(F)F. The van der Waals surface area contributed by atoms with Crippen molar-refractivity contribution in [3.05, 3.63) is 12.2 Å². The standard InChI is InChI=1S/C13H20F3NO3/c1-8(2)10-9(5-4-6-20-10)11(18)17-7-12(3,19)13(14,15)16/h9-10,19H,1,4-7H2,2-3H3,(H,17,18)/t9-,10-,12-/m0/s1. The number of ether oxygens (including phenoxy) is 1. The lowest BCUT2D eigenvalue weighted by atomic mass is 9.89. The van der Waals surface area contributed by atoms with Gasteiger partial charge in [0.15, 0.2) is 5.60 Å². The molecule has 1 amide bonds. The minimum absolute atomic E-state index is 0.486. The second-order valence-electron chi connectivity index (χ2n) is 5.38.